The average molecular weight is 319 g/mol. The average Bonchev–Trinajstić information content (AvgIpc) is 2.63. The van der Waals surface area contributed by atoms with Gasteiger partial charge in [-0.2, -0.15) is 0 Å². The second kappa shape index (κ2) is 5.61. The summed E-state index contributed by atoms with van der Waals surface area (Å²) in [4.78, 5) is 25.0. The molecule has 9 heteroatoms. The number of rotatable bonds is 2. The maximum atomic E-state index is 15.0. The minimum atomic E-state index is -2.71. The van der Waals surface area contributed by atoms with E-state index in [1.807, 2.05) is 16.3 Å². The molecule has 1 fully saturated rings. The zero-order valence-corrected chi connectivity index (χ0v) is 11.6. The first kappa shape index (κ1) is 15.7. The van der Waals surface area contributed by atoms with Crippen LogP contribution < -0.4 is 11.2 Å². The smallest absolute Gasteiger partial charge is 0.330 e. The number of aryl methyl sites for hydroxylation is 1. The highest BCUT2D eigenvalue weighted by atomic mass is 35.5. The molecule has 2 heterocycles. The molecule has 0 saturated carbocycles. The summed E-state index contributed by atoms with van der Waals surface area (Å²) in [5.74, 6) is 1.96. The lowest BCUT2D eigenvalue weighted by Gasteiger charge is -2.25. The molecule has 2 rings (SSSR count). The van der Waals surface area contributed by atoms with Gasteiger partial charge < -0.3 is 14.9 Å². The summed E-state index contributed by atoms with van der Waals surface area (Å²) in [5, 5.41) is 20.8. The monoisotopic (exact) mass is 318 g/mol. The summed E-state index contributed by atoms with van der Waals surface area (Å²) in [7, 11) is 0. The fourth-order valence-corrected chi connectivity index (χ4v) is 2.41. The van der Waals surface area contributed by atoms with Crippen molar-refractivity contribution in [2.24, 2.45) is 0 Å². The van der Waals surface area contributed by atoms with Crippen molar-refractivity contribution in [3.8, 4) is 11.3 Å². The van der Waals surface area contributed by atoms with Gasteiger partial charge in [0.15, 0.2) is 6.23 Å². The first-order chi connectivity index (χ1) is 9.85. The summed E-state index contributed by atoms with van der Waals surface area (Å²) < 4.78 is 20.9. The second-order valence-electron chi connectivity index (χ2n) is 4.59. The quantitative estimate of drug-likeness (QED) is 0.607. The number of aliphatic hydroxyl groups is 2. The Bertz CT molecular complexity index is 721. The molecule has 1 aromatic rings. The molecule has 0 aromatic carbocycles. The summed E-state index contributed by atoms with van der Waals surface area (Å²) in [6, 6.07) is 1.07. The van der Waals surface area contributed by atoms with Gasteiger partial charge in [-0.15, -0.1) is 0 Å². The van der Waals surface area contributed by atoms with Gasteiger partial charge in [0.2, 0.25) is 5.67 Å². The van der Waals surface area contributed by atoms with Crippen molar-refractivity contribution in [1.82, 2.24) is 9.55 Å². The van der Waals surface area contributed by atoms with E-state index in [1.165, 1.54) is 6.92 Å². The molecule has 0 radical (unpaired) electrons. The van der Waals surface area contributed by atoms with Crippen LogP contribution in [-0.4, -0.2) is 44.2 Å². The largest absolute Gasteiger partial charge is 0.394 e. The van der Waals surface area contributed by atoms with Crippen molar-refractivity contribution in [2.75, 3.05) is 6.61 Å². The molecule has 114 valence electrons. The zero-order chi connectivity index (χ0) is 15.8. The fourth-order valence-electron chi connectivity index (χ4n) is 2.27. The number of ether oxygens (including phenoxy) is 1. The topological polar surface area (TPSA) is 105 Å². The third-order valence-electron chi connectivity index (χ3n) is 3.27. The maximum Gasteiger partial charge on any atom is 0.330 e. The number of aromatic nitrogens is 2. The van der Waals surface area contributed by atoms with Crippen LogP contribution >= 0.6 is 11.6 Å². The minimum absolute atomic E-state index is 0.109. The molecule has 1 aromatic heterocycles. The third kappa shape index (κ3) is 2.49. The number of nitrogens with one attached hydrogen (secondary N) is 1. The van der Waals surface area contributed by atoms with Gasteiger partial charge in [0.05, 0.1) is 6.61 Å². The predicted molar refractivity (Wildman–Crippen MR) is 70.5 cm³/mol. The first-order valence-electron chi connectivity index (χ1n) is 5.93. The van der Waals surface area contributed by atoms with Crippen LogP contribution in [0.15, 0.2) is 15.7 Å². The van der Waals surface area contributed by atoms with Crippen LogP contribution in [0.2, 0.25) is 0 Å². The van der Waals surface area contributed by atoms with Crippen molar-refractivity contribution < 1.29 is 19.3 Å². The normalized spacial score (nSPS) is 31.8. The highest BCUT2D eigenvalue weighted by Crippen LogP contribution is 2.41. The molecule has 3 N–H and O–H groups in total. The van der Waals surface area contributed by atoms with Gasteiger partial charge in [-0.3, -0.25) is 14.3 Å². The van der Waals surface area contributed by atoms with E-state index in [-0.39, 0.29) is 5.69 Å². The van der Waals surface area contributed by atoms with E-state index in [4.69, 9.17) is 21.4 Å². The van der Waals surface area contributed by atoms with Gasteiger partial charge in [-0.25, -0.2) is 9.18 Å². The van der Waals surface area contributed by atoms with E-state index in [9.17, 15) is 19.1 Å². The summed E-state index contributed by atoms with van der Waals surface area (Å²) in [6.45, 7) is 0.720. The van der Waals surface area contributed by atoms with Crippen molar-refractivity contribution in [3.63, 3.8) is 0 Å². The second-order valence-corrected chi connectivity index (χ2v) is 4.78. The van der Waals surface area contributed by atoms with Crippen LogP contribution in [0.3, 0.4) is 0 Å². The molecule has 1 aliphatic heterocycles. The lowest BCUT2D eigenvalue weighted by Crippen LogP contribution is -2.45. The van der Waals surface area contributed by atoms with Gasteiger partial charge in [-0.05, 0) is 24.4 Å². The van der Waals surface area contributed by atoms with E-state index in [0.29, 0.717) is 0 Å². The van der Waals surface area contributed by atoms with Crippen LogP contribution in [0.25, 0.3) is 0 Å². The highest BCUT2D eigenvalue weighted by molar-refractivity contribution is 6.30. The molecule has 2 unspecified atom stereocenters. The Hall–Kier alpha value is -1.66. The third-order valence-corrected chi connectivity index (χ3v) is 3.36. The molecular formula is C12H12ClFN2O5. The van der Waals surface area contributed by atoms with E-state index >= 15 is 0 Å². The molecule has 0 amide bonds. The van der Waals surface area contributed by atoms with E-state index in [1.54, 1.807) is 0 Å². The number of H-pyrrole nitrogens is 1. The number of hydrogen-bond acceptors (Lipinski definition) is 5. The standard InChI is InChI=1S/C12H12ClFN2O5/c1-6-4-8(18)15-11(20)16(6)10-12(14,2-3-13)9(19)7(5-17)21-10/h4,7,9-10,17,19H,5H2,1H3,(H,15,18,20)/t7-,9?,10-,12?/m1/s1. The zero-order valence-electron chi connectivity index (χ0n) is 10.8. The number of halogens is 2. The van der Waals surface area contributed by atoms with Crippen molar-refractivity contribution in [1.29, 1.82) is 0 Å². The Balaban J connectivity index is 2.64. The van der Waals surface area contributed by atoms with Gasteiger partial charge in [0.25, 0.3) is 5.56 Å². The Morgan fingerprint density at radius 1 is 1.62 bits per heavy atom. The van der Waals surface area contributed by atoms with Gasteiger partial charge in [0, 0.05) is 17.1 Å². The fraction of sp³-hybridized carbons (Fsp3) is 0.500. The Morgan fingerprint density at radius 3 is 2.81 bits per heavy atom. The van der Waals surface area contributed by atoms with Crippen LogP contribution in [-0.2, 0) is 4.74 Å². The van der Waals surface area contributed by atoms with Gasteiger partial charge in [-0.1, -0.05) is 0 Å². The number of aromatic amines is 1. The van der Waals surface area contributed by atoms with E-state index < -0.39 is 42.0 Å². The van der Waals surface area contributed by atoms with Crippen molar-refractivity contribution in [3.05, 3.63) is 32.6 Å². The molecule has 4 atom stereocenters. The van der Waals surface area contributed by atoms with Gasteiger partial charge in [0.1, 0.15) is 12.2 Å². The van der Waals surface area contributed by atoms with Crippen LogP contribution in [0, 0.1) is 18.2 Å². The lowest BCUT2D eigenvalue weighted by molar-refractivity contribution is -0.0552. The molecule has 0 aliphatic carbocycles. The van der Waals surface area contributed by atoms with Crippen LogP contribution in [0.4, 0.5) is 4.39 Å². The molecule has 21 heavy (non-hydrogen) atoms. The SMILES string of the molecule is Cc1cc(=O)[nH]c(=O)n1[C@@H]1O[C@H](CO)C(O)C1(F)C#CCl. The summed E-state index contributed by atoms with van der Waals surface area (Å²) >= 11 is 5.21. The van der Waals surface area contributed by atoms with E-state index in [2.05, 4.69) is 0 Å². The molecule has 0 bridgehead atoms. The molecule has 0 spiro atoms. The number of hydrogen-bond donors (Lipinski definition) is 3. The maximum absolute atomic E-state index is 15.0. The minimum Gasteiger partial charge on any atom is -0.394 e. The highest BCUT2D eigenvalue weighted by Gasteiger charge is 2.58. The Morgan fingerprint density at radius 2 is 2.29 bits per heavy atom. The summed E-state index contributed by atoms with van der Waals surface area (Å²) in [6.07, 6.45) is -4.74. The van der Waals surface area contributed by atoms with Crippen LogP contribution in [0.1, 0.15) is 11.9 Å². The van der Waals surface area contributed by atoms with Gasteiger partial charge >= 0.3 is 5.69 Å². The van der Waals surface area contributed by atoms with Crippen molar-refractivity contribution in [2.45, 2.75) is 31.0 Å². The first-order valence-corrected chi connectivity index (χ1v) is 6.31. The van der Waals surface area contributed by atoms with E-state index in [0.717, 1.165) is 10.6 Å². The molecular weight excluding hydrogens is 307 g/mol. The number of nitrogens with zero attached hydrogens (tertiary/aromatic N) is 1. The Kier molecular flexibility index (Phi) is 4.20. The Labute approximate surface area is 122 Å². The molecule has 7 nitrogen and oxygen atoms in total. The van der Waals surface area contributed by atoms with Crippen LogP contribution in [0.5, 0.6) is 0 Å². The molecule has 1 aliphatic rings. The lowest BCUT2D eigenvalue weighted by atomic mass is 9.97. The predicted octanol–water partition coefficient (Wildman–Crippen LogP) is -0.996. The number of aliphatic hydroxyl groups excluding tert-OH is 2. The number of alkyl halides is 1. The molecule has 1 saturated heterocycles. The summed E-state index contributed by atoms with van der Waals surface area (Å²) in [5.41, 5.74) is -4.17. The van der Waals surface area contributed by atoms with Crippen molar-refractivity contribution >= 4 is 11.6 Å².